The van der Waals surface area contributed by atoms with Gasteiger partial charge in [0.05, 0.1) is 5.54 Å². The van der Waals surface area contributed by atoms with Crippen molar-refractivity contribution in [3.8, 4) is 0 Å². The minimum atomic E-state index is 0.103. The van der Waals surface area contributed by atoms with E-state index in [1.54, 1.807) is 0 Å². The second kappa shape index (κ2) is 5.72. The van der Waals surface area contributed by atoms with Crippen LogP contribution in [0, 0.1) is 0 Å². The Kier molecular flexibility index (Phi) is 3.47. The zero-order valence-corrected chi connectivity index (χ0v) is 14.8. The maximum absolute atomic E-state index is 3.96. The van der Waals surface area contributed by atoms with Crippen molar-refractivity contribution in [2.24, 2.45) is 0 Å². The SMILES string of the molecule is CN1CCC2(CC1)NCC(c1ccccc1)c1c2[nH]c2ccccc12. The van der Waals surface area contributed by atoms with Gasteiger partial charge < -0.3 is 15.2 Å². The number of rotatable bonds is 1. The smallest absolute Gasteiger partial charge is 0.0614 e. The molecule has 1 aromatic heterocycles. The maximum atomic E-state index is 3.96. The van der Waals surface area contributed by atoms with Gasteiger partial charge in [-0.3, -0.25) is 0 Å². The number of aromatic amines is 1. The van der Waals surface area contributed by atoms with Crippen molar-refractivity contribution < 1.29 is 0 Å². The lowest BCUT2D eigenvalue weighted by molar-refractivity contribution is 0.144. The molecule has 1 spiro atoms. The summed E-state index contributed by atoms with van der Waals surface area (Å²) in [5.74, 6) is 0.414. The molecular weight excluding hydrogens is 306 g/mol. The van der Waals surface area contributed by atoms with Gasteiger partial charge in [-0.05, 0) is 50.2 Å². The van der Waals surface area contributed by atoms with Gasteiger partial charge in [0.25, 0.3) is 0 Å². The number of para-hydroxylation sites is 1. The summed E-state index contributed by atoms with van der Waals surface area (Å²) in [4.78, 5) is 6.25. The number of hydrogen-bond acceptors (Lipinski definition) is 2. The molecule has 1 saturated heterocycles. The van der Waals surface area contributed by atoms with Crippen molar-refractivity contribution in [2.75, 3.05) is 26.7 Å². The van der Waals surface area contributed by atoms with Crippen molar-refractivity contribution in [3.63, 3.8) is 0 Å². The summed E-state index contributed by atoms with van der Waals surface area (Å²) in [5, 5.41) is 5.36. The minimum absolute atomic E-state index is 0.103. The lowest BCUT2D eigenvalue weighted by atomic mass is 9.74. The van der Waals surface area contributed by atoms with E-state index in [0.717, 1.165) is 19.6 Å². The van der Waals surface area contributed by atoms with Gasteiger partial charge in [0.2, 0.25) is 0 Å². The van der Waals surface area contributed by atoms with Crippen LogP contribution in [-0.4, -0.2) is 36.6 Å². The van der Waals surface area contributed by atoms with E-state index in [1.807, 2.05) is 0 Å². The fraction of sp³-hybridized carbons (Fsp3) is 0.364. The molecular formula is C22H25N3. The van der Waals surface area contributed by atoms with Crippen LogP contribution in [0.1, 0.15) is 35.6 Å². The average Bonchev–Trinajstić information content (AvgIpc) is 3.06. The van der Waals surface area contributed by atoms with Gasteiger partial charge in [0, 0.05) is 29.1 Å². The molecule has 1 fully saturated rings. The highest BCUT2D eigenvalue weighted by Gasteiger charge is 2.43. The number of hydrogen-bond donors (Lipinski definition) is 2. The summed E-state index contributed by atoms with van der Waals surface area (Å²) < 4.78 is 0. The Morgan fingerprint density at radius 3 is 2.48 bits per heavy atom. The van der Waals surface area contributed by atoms with Gasteiger partial charge >= 0.3 is 0 Å². The number of likely N-dealkylation sites (tertiary alicyclic amines) is 1. The predicted octanol–water partition coefficient (Wildman–Crippen LogP) is 3.82. The Hall–Kier alpha value is -2.10. The minimum Gasteiger partial charge on any atom is -0.357 e. The molecule has 2 aromatic carbocycles. The highest BCUT2D eigenvalue weighted by molar-refractivity contribution is 5.86. The van der Waals surface area contributed by atoms with Gasteiger partial charge in [-0.25, -0.2) is 0 Å². The number of piperidine rings is 1. The van der Waals surface area contributed by atoms with Crippen LogP contribution < -0.4 is 5.32 Å². The van der Waals surface area contributed by atoms with Crippen LogP contribution in [0.2, 0.25) is 0 Å². The molecule has 1 unspecified atom stereocenters. The van der Waals surface area contributed by atoms with Crippen LogP contribution in [-0.2, 0) is 5.54 Å². The summed E-state index contributed by atoms with van der Waals surface area (Å²) in [6.45, 7) is 3.32. The largest absolute Gasteiger partial charge is 0.357 e. The van der Waals surface area contributed by atoms with E-state index in [2.05, 4.69) is 76.8 Å². The van der Waals surface area contributed by atoms with E-state index in [-0.39, 0.29) is 5.54 Å². The molecule has 2 aliphatic rings. The van der Waals surface area contributed by atoms with Crippen LogP contribution >= 0.6 is 0 Å². The number of benzene rings is 2. The van der Waals surface area contributed by atoms with Gasteiger partial charge in [-0.2, -0.15) is 0 Å². The molecule has 0 radical (unpaired) electrons. The number of nitrogens with zero attached hydrogens (tertiary/aromatic N) is 1. The number of H-pyrrole nitrogens is 1. The average molecular weight is 331 g/mol. The molecule has 3 aromatic rings. The normalized spacial score (nSPS) is 23.0. The van der Waals surface area contributed by atoms with Crippen molar-refractivity contribution in [3.05, 3.63) is 71.4 Å². The van der Waals surface area contributed by atoms with Crippen molar-refractivity contribution in [1.82, 2.24) is 15.2 Å². The lowest BCUT2D eigenvalue weighted by Gasteiger charge is -2.46. The van der Waals surface area contributed by atoms with Crippen LogP contribution in [0.25, 0.3) is 10.9 Å². The molecule has 3 nitrogen and oxygen atoms in total. The van der Waals surface area contributed by atoms with Crippen LogP contribution in [0.3, 0.4) is 0 Å². The Balaban J connectivity index is 1.70. The molecule has 0 amide bonds. The summed E-state index contributed by atoms with van der Waals surface area (Å²) in [7, 11) is 2.23. The second-order valence-electron chi connectivity index (χ2n) is 7.69. The van der Waals surface area contributed by atoms with E-state index in [0.29, 0.717) is 5.92 Å². The Morgan fingerprint density at radius 1 is 0.960 bits per heavy atom. The number of aromatic nitrogens is 1. The molecule has 3 heteroatoms. The van der Waals surface area contributed by atoms with Crippen molar-refractivity contribution >= 4 is 10.9 Å². The standard InChI is InChI=1S/C22H25N3/c1-25-13-11-22(12-14-25)21-20(17-9-5-6-10-19(17)24-21)18(15-23-22)16-7-3-2-4-8-16/h2-10,18,23-24H,11-15H2,1H3. The monoisotopic (exact) mass is 331 g/mol. The molecule has 25 heavy (non-hydrogen) atoms. The Labute approximate surface area is 149 Å². The van der Waals surface area contributed by atoms with E-state index in [9.17, 15) is 0 Å². The first-order valence-electron chi connectivity index (χ1n) is 9.36. The fourth-order valence-electron chi connectivity index (χ4n) is 4.79. The molecule has 0 bridgehead atoms. The zero-order chi connectivity index (χ0) is 16.9. The van der Waals surface area contributed by atoms with E-state index >= 15 is 0 Å². The Bertz CT molecular complexity index is 888. The molecule has 0 saturated carbocycles. The molecule has 0 aliphatic carbocycles. The Morgan fingerprint density at radius 2 is 1.68 bits per heavy atom. The van der Waals surface area contributed by atoms with E-state index < -0.39 is 0 Å². The molecule has 128 valence electrons. The zero-order valence-electron chi connectivity index (χ0n) is 14.8. The number of nitrogens with one attached hydrogen (secondary N) is 2. The van der Waals surface area contributed by atoms with E-state index in [4.69, 9.17) is 0 Å². The highest BCUT2D eigenvalue weighted by atomic mass is 15.1. The fourth-order valence-corrected chi connectivity index (χ4v) is 4.79. The van der Waals surface area contributed by atoms with Crippen LogP contribution in [0.5, 0.6) is 0 Å². The van der Waals surface area contributed by atoms with Gasteiger partial charge in [0.15, 0.2) is 0 Å². The van der Waals surface area contributed by atoms with Gasteiger partial charge in [-0.1, -0.05) is 48.5 Å². The van der Waals surface area contributed by atoms with Crippen molar-refractivity contribution in [2.45, 2.75) is 24.3 Å². The van der Waals surface area contributed by atoms with Crippen LogP contribution in [0.4, 0.5) is 0 Å². The summed E-state index contributed by atoms with van der Waals surface area (Å²) in [6, 6.07) is 19.8. The van der Waals surface area contributed by atoms with Gasteiger partial charge in [0.1, 0.15) is 0 Å². The molecule has 1 atom stereocenters. The third kappa shape index (κ3) is 2.34. The third-order valence-corrected chi connectivity index (χ3v) is 6.26. The second-order valence-corrected chi connectivity index (χ2v) is 7.69. The molecule has 2 N–H and O–H groups in total. The summed E-state index contributed by atoms with van der Waals surface area (Å²) in [5.41, 5.74) is 5.73. The summed E-state index contributed by atoms with van der Waals surface area (Å²) in [6.07, 6.45) is 2.34. The molecule has 5 rings (SSSR count). The van der Waals surface area contributed by atoms with Gasteiger partial charge in [-0.15, -0.1) is 0 Å². The molecule has 2 aliphatic heterocycles. The maximum Gasteiger partial charge on any atom is 0.0614 e. The van der Waals surface area contributed by atoms with Crippen molar-refractivity contribution in [1.29, 1.82) is 0 Å². The third-order valence-electron chi connectivity index (χ3n) is 6.26. The predicted molar refractivity (Wildman–Crippen MR) is 103 cm³/mol. The van der Waals surface area contributed by atoms with Crippen LogP contribution in [0.15, 0.2) is 54.6 Å². The quantitative estimate of drug-likeness (QED) is 0.710. The topological polar surface area (TPSA) is 31.1 Å². The van der Waals surface area contributed by atoms with E-state index in [1.165, 1.54) is 40.6 Å². The first-order valence-corrected chi connectivity index (χ1v) is 9.36. The lowest BCUT2D eigenvalue weighted by Crippen LogP contribution is -2.54. The summed E-state index contributed by atoms with van der Waals surface area (Å²) >= 11 is 0. The first-order chi connectivity index (χ1) is 12.3. The molecule has 3 heterocycles. The number of fused-ring (bicyclic) bond motifs is 4. The first kappa shape index (κ1) is 15.2. The highest BCUT2D eigenvalue weighted by Crippen LogP contribution is 2.45.